The molecule has 1 saturated carbocycles. The Kier molecular flexibility index (Phi) is 3.11. The van der Waals surface area contributed by atoms with Crippen molar-refractivity contribution in [2.75, 3.05) is 0 Å². The van der Waals surface area contributed by atoms with Gasteiger partial charge in [0, 0.05) is 19.9 Å². The predicted molar refractivity (Wildman–Crippen MR) is 71.4 cm³/mol. The highest BCUT2D eigenvalue weighted by Crippen LogP contribution is 2.47. The molecule has 20 heavy (non-hydrogen) atoms. The van der Waals surface area contributed by atoms with Crippen LogP contribution in [0.3, 0.4) is 0 Å². The lowest BCUT2D eigenvalue weighted by Crippen LogP contribution is -2.47. The lowest BCUT2D eigenvalue weighted by molar-refractivity contribution is -0.154. The molecule has 6 nitrogen and oxygen atoms in total. The van der Waals surface area contributed by atoms with E-state index in [-0.39, 0.29) is 23.8 Å². The average molecular weight is 276 g/mol. The molecule has 6 heteroatoms. The average Bonchev–Trinajstić information content (AvgIpc) is 2.92. The molecule has 1 aromatic rings. The van der Waals surface area contributed by atoms with E-state index < -0.39 is 0 Å². The molecule has 0 radical (unpaired) electrons. The van der Waals surface area contributed by atoms with Gasteiger partial charge in [-0.1, -0.05) is 12.8 Å². The van der Waals surface area contributed by atoms with Gasteiger partial charge in [-0.25, -0.2) is 4.98 Å². The van der Waals surface area contributed by atoms with Crippen LogP contribution in [-0.2, 0) is 23.2 Å². The van der Waals surface area contributed by atoms with Crippen LogP contribution in [0.15, 0.2) is 0 Å². The van der Waals surface area contributed by atoms with Crippen molar-refractivity contribution in [1.82, 2.24) is 19.7 Å². The molecule has 0 unspecified atom stereocenters. The standard InChI is InChI=1S/C14H20N4O2/c1-10-15-11(17(2)16-10)9-18-12(19)7-14(8-13(18)20)5-3-4-6-14/h3-9H2,1-2H3. The zero-order valence-electron chi connectivity index (χ0n) is 12.1. The van der Waals surface area contributed by atoms with Gasteiger partial charge in [-0.15, -0.1) is 0 Å². The molecule has 0 atom stereocenters. The molecule has 0 N–H and O–H groups in total. The van der Waals surface area contributed by atoms with Crippen LogP contribution < -0.4 is 0 Å². The van der Waals surface area contributed by atoms with Crippen LogP contribution in [0.2, 0.25) is 0 Å². The number of aryl methyl sites for hydroxylation is 2. The van der Waals surface area contributed by atoms with Crippen LogP contribution >= 0.6 is 0 Å². The molecule has 1 aliphatic carbocycles. The topological polar surface area (TPSA) is 68.1 Å². The summed E-state index contributed by atoms with van der Waals surface area (Å²) < 4.78 is 1.63. The molecule has 1 aromatic heterocycles. The molecule has 3 rings (SSSR count). The Morgan fingerprint density at radius 1 is 1.15 bits per heavy atom. The number of hydrogen-bond acceptors (Lipinski definition) is 4. The number of imide groups is 1. The first-order valence-electron chi connectivity index (χ1n) is 7.19. The van der Waals surface area contributed by atoms with E-state index in [1.165, 1.54) is 4.90 Å². The van der Waals surface area contributed by atoms with Crippen molar-refractivity contribution in [2.24, 2.45) is 12.5 Å². The Morgan fingerprint density at radius 2 is 1.75 bits per heavy atom. The summed E-state index contributed by atoms with van der Waals surface area (Å²) in [5.74, 6) is 1.21. The van der Waals surface area contributed by atoms with Crippen LogP contribution in [0.5, 0.6) is 0 Å². The first-order valence-corrected chi connectivity index (χ1v) is 7.19. The van der Waals surface area contributed by atoms with Crippen LogP contribution in [0.25, 0.3) is 0 Å². The van der Waals surface area contributed by atoms with E-state index in [2.05, 4.69) is 10.1 Å². The van der Waals surface area contributed by atoms with Crippen LogP contribution in [0.4, 0.5) is 0 Å². The van der Waals surface area contributed by atoms with E-state index in [1.54, 1.807) is 18.7 Å². The van der Waals surface area contributed by atoms with Crippen molar-refractivity contribution >= 4 is 11.8 Å². The Morgan fingerprint density at radius 3 is 2.25 bits per heavy atom. The van der Waals surface area contributed by atoms with Gasteiger partial charge in [-0.2, -0.15) is 5.10 Å². The predicted octanol–water partition coefficient (Wildman–Crippen LogP) is 1.33. The van der Waals surface area contributed by atoms with E-state index in [0.29, 0.717) is 24.5 Å². The van der Waals surface area contributed by atoms with Gasteiger partial charge in [0.1, 0.15) is 11.6 Å². The maximum Gasteiger partial charge on any atom is 0.230 e. The number of rotatable bonds is 2. The second-order valence-electron chi connectivity index (χ2n) is 6.13. The van der Waals surface area contributed by atoms with E-state index in [1.807, 2.05) is 0 Å². The maximum atomic E-state index is 12.3. The van der Waals surface area contributed by atoms with Crippen LogP contribution in [-0.4, -0.2) is 31.5 Å². The van der Waals surface area contributed by atoms with Crippen molar-refractivity contribution in [3.63, 3.8) is 0 Å². The minimum absolute atomic E-state index is 0.0412. The zero-order valence-corrected chi connectivity index (χ0v) is 12.1. The highest BCUT2D eigenvalue weighted by Gasteiger charge is 2.45. The summed E-state index contributed by atoms with van der Waals surface area (Å²) in [6.45, 7) is 2.04. The summed E-state index contributed by atoms with van der Waals surface area (Å²) in [4.78, 5) is 30.3. The SMILES string of the molecule is Cc1nc(CN2C(=O)CC3(CCCC3)CC2=O)n(C)n1. The number of piperidine rings is 1. The number of nitrogens with zero attached hydrogens (tertiary/aromatic N) is 4. The quantitative estimate of drug-likeness (QED) is 0.764. The van der Waals surface area contributed by atoms with Crippen molar-refractivity contribution in [2.45, 2.75) is 52.0 Å². The first kappa shape index (κ1) is 13.3. The Hall–Kier alpha value is -1.72. The number of carbonyl (C=O) groups is 2. The van der Waals surface area contributed by atoms with Crippen molar-refractivity contribution < 1.29 is 9.59 Å². The number of amides is 2. The minimum atomic E-state index is -0.0520. The number of carbonyl (C=O) groups excluding carboxylic acids is 2. The van der Waals surface area contributed by atoms with E-state index in [0.717, 1.165) is 25.7 Å². The van der Waals surface area contributed by atoms with Crippen LogP contribution in [0.1, 0.15) is 50.2 Å². The van der Waals surface area contributed by atoms with Gasteiger partial charge in [0.25, 0.3) is 0 Å². The molecular weight excluding hydrogens is 256 g/mol. The van der Waals surface area contributed by atoms with E-state index in [4.69, 9.17) is 0 Å². The fourth-order valence-corrected chi connectivity index (χ4v) is 3.52. The van der Waals surface area contributed by atoms with Gasteiger partial charge in [0.05, 0.1) is 6.54 Å². The smallest absolute Gasteiger partial charge is 0.230 e. The molecule has 2 aliphatic rings. The molecule has 1 aliphatic heterocycles. The third-order valence-electron chi connectivity index (χ3n) is 4.58. The van der Waals surface area contributed by atoms with Crippen LogP contribution in [0, 0.1) is 12.3 Å². The molecule has 2 amide bonds. The lowest BCUT2D eigenvalue weighted by Gasteiger charge is -2.36. The first-order chi connectivity index (χ1) is 9.49. The van der Waals surface area contributed by atoms with Gasteiger partial charge >= 0.3 is 0 Å². The fourth-order valence-electron chi connectivity index (χ4n) is 3.52. The molecule has 2 heterocycles. The number of hydrogen-bond donors (Lipinski definition) is 0. The summed E-state index contributed by atoms with van der Waals surface area (Å²) >= 11 is 0. The maximum absolute atomic E-state index is 12.3. The number of likely N-dealkylation sites (tertiary alicyclic amines) is 1. The van der Waals surface area contributed by atoms with Gasteiger partial charge in [0.15, 0.2) is 0 Å². The summed E-state index contributed by atoms with van der Waals surface area (Å²) in [5.41, 5.74) is -0.0412. The summed E-state index contributed by atoms with van der Waals surface area (Å²) in [6.07, 6.45) is 5.33. The zero-order chi connectivity index (χ0) is 14.3. The van der Waals surface area contributed by atoms with Gasteiger partial charge in [-0.05, 0) is 25.2 Å². The van der Waals surface area contributed by atoms with Gasteiger partial charge in [-0.3, -0.25) is 19.2 Å². The molecule has 0 bridgehead atoms. The third-order valence-corrected chi connectivity index (χ3v) is 4.58. The fraction of sp³-hybridized carbons (Fsp3) is 0.714. The molecule has 2 fully saturated rings. The highest BCUT2D eigenvalue weighted by atomic mass is 16.2. The monoisotopic (exact) mass is 276 g/mol. The van der Waals surface area contributed by atoms with Crippen molar-refractivity contribution in [1.29, 1.82) is 0 Å². The Bertz CT molecular complexity index is 538. The van der Waals surface area contributed by atoms with E-state index >= 15 is 0 Å². The Balaban J connectivity index is 1.76. The summed E-state index contributed by atoms with van der Waals surface area (Å²) in [5, 5.41) is 4.15. The molecule has 1 spiro atoms. The molecule has 108 valence electrons. The minimum Gasteiger partial charge on any atom is -0.275 e. The summed E-state index contributed by atoms with van der Waals surface area (Å²) in [6, 6.07) is 0. The second kappa shape index (κ2) is 4.68. The third kappa shape index (κ3) is 2.23. The van der Waals surface area contributed by atoms with Gasteiger partial charge < -0.3 is 0 Å². The van der Waals surface area contributed by atoms with Crippen molar-refractivity contribution in [3.8, 4) is 0 Å². The molecule has 1 saturated heterocycles. The molecular formula is C14H20N4O2. The largest absolute Gasteiger partial charge is 0.275 e. The highest BCUT2D eigenvalue weighted by molar-refractivity contribution is 5.98. The number of aromatic nitrogens is 3. The van der Waals surface area contributed by atoms with E-state index in [9.17, 15) is 9.59 Å². The summed E-state index contributed by atoms with van der Waals surface area (Å²) in [7, 11) is 1.78. The second-order valence-corrected chi connectivity index (χ2v) is 6.13. The molecule has 0 aromatic carbocycles. The normalized spacial score (nSPS) is 22.0. The van der Waals surface area contributed by atoms with Gasteiger partial charge in [0.2, 0.25) is 11.8 Å². The van der Waals surface area contributed by atoms with Crippen molar-refractivity contribution in [3.05, 3.63) is 11.6 Å². The lowest BCUT2D eigenvalue weighted by atomic mass is 9.76. The Labute approximate surface area is 118 Å².